The molecule has 15 heavy (non-hydrogen) atoms. The number of carboxylic acids is 1. The van der Waals surface area contributed by atoms with E-state index in [4.69, 9.17) is 5.11 Å². The summed E-state index contributed by atoms with van der Waals surface area (Å²) in [4.78, 5) is 10.7. The van der Waals surface area contributed by atoms with Crippen LogP contribution in [-0.4, -0.2) is 11.1 Å². The maximum Gasteiger partial charge on any atom is 0.336 e. The molecular formula is C11H12BrFO2. The van der Waals surface area contributed by atoms with Crippen molar-refractivity contribution in [1.82, 2.24) is 0 Å². The van der Waals surface area contributed by atoms with E-state index in [0.717, 1.165) is 0 Å². The molecule has 0 radical (unpaired) electrons. The van der Waals surface area contributed by atoms with Gasteiger partial charge in [0.25, 0.3) is 0 Å². The van der Waals surface area contributed by atoms with E-state index in [1.807, 2.05) is 20.8 Å². The Balaban J connectivity index is 3.41. The minimum atomic E-state index is -1.14. The largest absolute Gasteiger partial charge is 0.478 e. The molecule has 0 amide bonds. The molecule has 82 valence electrons. The number of aromatic carboxylic acids is 1. The number of carbonyl (C=O) groups is 1. The third-order valence-electron chi connectivity index (χ3n) is 2.12. The summed E-state index contributed by atoms with van der Waals surface area (Å²) in [6.07, 6.45) is 0. The van der Waals surface area contributed by atoms with E-state index in [0.29, 0.717) is 5.56 Å². The molecule has 0 saturated heterocycles. The first-order chi connectivity index (χ1) is 6.75. The highest BCUT2D eigenvalue weighted by molar-refractivity contribution is 9.10. The molecule has 0 aliphatic carbocycles. The van der Waals surface area contributed by atoms with E-state index in [9.17, 15) is 9.18 Å². The van der Waals surface area contributed by atoms with Gasteiger partial charge in [-0.1, -0.05) is 26.8 Å². The molecular weight excluding hydrogens is 263 g/mol. The van der Waals surface area contributed by atoms with Crippen molar-refractivity contribution >= 4 is 21.9 Å². The fourth-order valence-electron chi connectivity index (χ4n) is 1.29. The number of halogens is 2. The van der Waals surface area contributed by atoms with Gasteiger partial charge in [0.15, 0.2) is 0 Å². The lowest BCUT2D eigenvalue weighted by Crippen LogP contribution is -2.15. The Morgan fingerprint density at radius 1 is 1.40 bits per heavy atom. The fourth-order valence-corrected chi connectivity index (χ4v) is 1.81. The topological polar surface area (TPSA) is 37.3 Å². The van der Waals surface area contributed by atoms with Gasteiger partial charge in [0, 0.05) is 0 Å². The van der Waals surface area contributed by atoms with Gasteiger partial charge in [0.1, 0.15) is 5.82 Å². The van der Waals surface area contributed by atoms with Crippen LogP contribution >= 0.6 is 15.9 Å². The van der Waals surface area contributed by atoms with Gasteiger partial charge >= 0.3 is 5.97 Å². The van der Waals surface area contributed by atoms with E-state index < -0.39 is 11.8 Å². The zero-order valence-electron chi connectivity index (χ0n) is 8.77. The summed E-state index contributed by atoms with van der Waals surface area (Å²) >= 11 is 2.97. The highest BCUT2D eigenvalue weighted by atomic mass is 79.9. The van der Waals surface area contributed by atoms with E-state index in [1.165, 1.54) is 12.1 Å². The van der Waals surface area contributed by atoms with E-state index in [-0.39, 0.29) is 15.5 Å². The lowest BCUT2D eigenvalue weighted by molar-refractivity contribution is 0.0695. The zero-order chi connectivity index (χ0) is 11.8. The summed E-state index contributed by atoms with van der Waals surface area (Å²) in [7, 11) is 0. The second-order valence-corrected chi connectivity index (χ2v) is 5.14. The number of carboxylic acid groups (broad SMARTS) is 1. The second-order valence-electron chi connectivity index (χ2n) is 4.34. The molecule has 1 aromatic rings. The van der Waals surface area contributed by atoms with E-state index in [1.54, 1.807) is 0 Å². The van der Waals surface area contributed by atoms with Crippen LogP contribution < -0.4 is 0 Å². The highest BCUT2D eigenvalue weighted by Crippen LogP contribution is 2.31. The number of hydrogen-bond acceptors (Lipinski definition) is 1. The molecule has 0 saturated carbocycles. The van der Waals surface area contributed by atoms with Crippen LogP contribution in [0.3, 0.4) is 0 Å². The van der Waals surface area contributed by atoms with Crippen LogP contribution in [0.4, 0.5) is 4.39 Å². The Labute approximate surface area is 96.2 Å². The maximum absolute atomic E-state index is 13.8. The summed E-state index contributed by atoms with van der Waals surface area (Å²) in [5.74, 6) is -1.64. The first-order valence-corrected chi connectivity index (χ1v) is 5.26. The predicted octanol–water partition coefficient (Wildman–Crippen LogP) is 3.58. The predicted molar refractivity (Wildman–Crippen MR) is 59.8 cm³/mol. The third kappa shape index (κ3) is 2.37. The highest BCUT2D eigenvalue weighted by Gasteiger charge is 2.23. The Morgan fingerprint density at radius 3 is 2.33 bits per heavy atom. The van der Waals surface area contributed by atoms with E-state index in [2.05, 4.69) is 15.9 Å². The van der Waals surface area contributed by atoms with Crippen LogP contribution in [0.2, 0.25) is 0 Å². The molecule has 0 fully saturated rings. The molecule has 1 aromatic carbocycles. The average Bonchev–Trinajstić information content (AvgIpc) is 2.06. The molecule has 0 spiro atoms. The standard InChI is InChI=1S/C11H12BrFO2/c1-11(2,3)7-5-4-6(10(14)15)8(12)9(7)13/h4-5H,1-3H3,(H,14,15). The number of hydrogen-bond donors (Lipinski definition) is 1. The van der Waals surface area contributed by atoms with E-state index >= 15 is 0 Å². The minimum absolute atomic E-state index is 0.0161. The molecule has 0 aliphatic heterocycles. The average molecular weight is 275 g/mol. The number of benzene rings is 1. The van der Waals surface area contributed by atoms with Crippen molar-refractivity contribution in [2.45, 2.75) is 26.2 Å². The smallest absolute Gasteiger partial charge is 0.336 e. The Kier molecular flexibility index (Phi) is 3.19. The Hall–Kier alpha value is -0.900. The zero-order valence-corrected chi connectivity index (χ0v) is 10.4. The minimum Gasteiger partial charge on any atom is -0.478 e. The maximum atomic E-state index is 13.8. The molecule has 1 N–H and O–H groups in total. The van der Waals surface area contributed by atoms with Crippen LogP contribution in [0.15, 0.2) is 16.6 Å². The van der Waals surface area contributed by atoms with Gasteiger partial charge in [-0.15, -0.1) is 0 Å². The first-order valence-electron chi connectivity index (χ1n) is 4.47. The summed E-state index contributed by atoms with van der Waals surface area (Å²) in [5.41, 5.74) is 0.101. The van der Waals surface area contributed by atoms with Crippen LogP contribution in [0.25, 0.3) is 0 Å². The summed E-state index contributed by atoms with van der Waals surface area (Å²) in [6, 6.07) is 2.93. The summed E-state index contributed by atoms with van der Waals surface area (Å²) in [5, 5.41) is 8.79. The molecule has 0 bridgehead atoms. The van der Waals surface area contributed by atoms with Gasteiger partial charge < -0.3 is 5.11 Å². The monoisotopic (exact) mass is 274 g/mol. The lowest BCUT2D eigenvalue weighted by Gasteiger charge is -2.20. The lowest BCUT2D eigenvalue weighted by atomic mass is 9.86. The van der Waals surface area contributed by atoms with Gasteiger partial charge in [-0.05, 0) is 33.0 Å². The van der Waals surface area contributed by atoms with Gasteiger partial charge in [0.2, 0.25) is 0 Å². The number of rotatable bonds is 1. The molecule has 0 unspecified atom stereocenters. The van der Waals surface area contributed by atoms with Crippen molar-refractivity contribution in [3.05, 3.63) is 33.5 Å². The van der Waals surface area contributed by atoms with Gasteiger partial charge in [0.05, 0.1) is 10.0 Å². The van der Waals surface area contributed by atoms with Crippen LogP contribution in [0, 0.1) is 5.82 Å². The molecule has 0 heterocycles. The van der Waals surface area contributed by atoms with Crippen molar-refractivity contribution in [1.29, 1.82) is 0 Å². The second kappa shape index (κ2) is 3.93. The normalized spacial score (nSPS) is 11.5. The van der Waals surface area contributed by atoms with Crippen molar-refractivity contribution in [3.63, 3.8) is 0 Å². The van der Waals surface area contributed by atoms with Gasteiger partial charge in [-0.2, -0.15) is 0 Å². The van der Waals surface area contributed by atoms with Gasteiger partial charge in [-0.25, -0.2) is 9.18 Å². The Morgan fingerprint density at radius 2 is 1.93 bits per heavy atom. The van der Waals surface area contributed by atoms with Crippen LogP contribution in [0.1, 0.15) is 36.7 Å². The quantitative estimate of drug-likeness (QED) is 0.850. The molecule has 0 atom stereocenters. The van der Waals surface area contributed by atoms with Crippen molar-refractivity contribution in [3.8, 4) is 0 Å². The molecule has 0 aliphatic rings. The molecule has 4 heteroatoms. The van der Waals surface area contributed by atoms with Crippen molar-refractivity contribution in [2.75, 3.05) is 0 Å². The summed E-state index contributed by atoms with van der Waals surface area (Å²) in [6.45, 7) is 5.62. The van der Waals surface area contributed by atoms with Crippen LogP contribution in [0.5, 0.6) is 0 Å². The first kappa shape index (κ1) is 12.2. The van der Waals surface area contributed by atoms with Crippen LogP contribution in [-0.2, 0) is 5.41 Å². The Bertz CT molecular complexity index is 408. The molecule has 1 rings (SSSR count). The SMILES string of the molecule is CC(C)(C)c1ccc(C(=O)O)c(Br)c1F. The third-order valence-corrected chi connectivity index (χ3v) is 2.90. The summed E-state index contributed by atoms with van der Waals surface area (Å²) < 4.78 is 13.8. The van der Waals surface area contributed by atoms with Crippen molar-refractivity contribution in [2.24, 2.45) is 0 Å². The van der Waals surface area contributed by atoms with Crippen molar-refractivity contribution < 1.29 is 14.3 Å². The molecule has 2 nitrogen and oxygen atoms in total. The van der Waals surface area contributed by atoms with Gasteiger partial charge in [-0.3, -0.25) is 0 Å². The molecule has 0 aromatic heterocycles. The fraction of sp³-hybridized carbons (Fsp3) is 0.364.